The Bertz CT molecular complexity index is 187. The van der Waals surface area contributed by atoms with Crippen LogP contribution in [0.5, 0.6) is 0 Å². The molecule has 0 fully saturated rings. The molecule has 0 saturated carbocycles. The molecule has 0 rings (SSSR count). The summed E-state index contributed by atoms with van der Waals surface area (Å²) >= 11 is 5.02. The molecule has 0 aromatic rings. The van der Waals surface area contributed by atoms with Crippen molar-refractivity contribution in [2.24, 2.45) is 0 Å². The van der Waals surface area contributed by atoms with E-state index < -0.39 is 23.5 Å². The van der Waals surface area contributed by atoms with Crippen LogP contribution in [0.3, 0.4) is 0 Å². The van der Waals surface area contributed by atoms with Crippen LogP contribution in [0.1, 0.15) is 20.3 Å². The first-order chi connectivity index (χ1) is 5.91. The summed E-state index contributed by atoms with van der Waals surface area (Å²) in [4.78, 5) is 31.3. The minimum atomic E-state index is -1.22. The molecule has 0 unspecified atom stereocenters. The molecule has 6 heteroatoms. The van der Waals surface area contributed by atoms with E-state index in [9.17, 15) is 14.4 Å². The van der Waals surface area contributed by atoms with Crippen LogP contribution in [-0.2, 0) is 23.9 Å². The quantitative estimate of drug-likeness (QED) is 0.384. The van der Waals surface area contributed by atoms with E-state index in [1.807, 2.05) is 0 Å². The predicted molar refractivity (Wildman–Crippen MR) is 42.8 cm³/mol. The van der Waals surface area contributed by atoms with Gasteiger partial charge in [-0.15, -0.1) is 0 Å². The molecule has 0 radical (unpaired) electrons. The van der Waals surface area contributed by atoms with Gasteiger partial charge in [0.05, 0.1) is 6.42 Å². The number of rotatable bonds is 4. The van der Waals surface area contributed by atoms with E-state index in [2.05, 4.69) is 9.47 Å². The Morgan fingerprint density at radius 1 is 1.15 bits per heavy atom. The van der Waals surface area contributed by atoms with Crippen LogP contribution in [-0.4, -0.2) is 23.5 Å². The van der Waals surface area contributed by atoms with Crippen molar-refractivity contribution in [2.75, 3.05) is 0 Å². The summed E-state index contributed by atoms with van der Waals surface area (Å²) in [5.74, 6) is -1.30. The highest BCUT2D eigenvalue weighted by Gasteiger charge is 2.18. The van der Waals surface area contributed by atoms with Crippen molar-refractivity contribution in [1.29, 1.82) is 0 Å². The first-order valence-corrected chi connectivity index (χ1v) is 3.82. The van der Waals surface area contributed by atoms with Gasteiger partial charge in [0.15, 0.2) is 0 Å². The molecule has 0 N–H and O–H groups in total. The van der Waals surface area contributed by atoms with Gasteiger partial charge in [0.1, 0.15) is 0 Å². The van der Waals surface area contributed by atoms with E-state index in [0.717, 1.165) is 13.8 Å². The van der Waals surface area contributed by atoms with E-state index in [-0.39, 0.29) is 6.42 Å². The van der Waals surface area contributed by atoms with Crippen molar-refractivity contribution in [3.8, 4) is 0 Å². The number of esters is 2. The maximum absolute atomic E-state index is 10.4. The first-order valence-electron chi connectivity index (χ1n) is 3.44. The average Bonchev–Trinajstić information content (AvgIpc) is 1.80. The Balaban J connectivity index is 4.10. The highest BCUT2D eigenvalue weighted by Crippen LogP contribution is 2.04. The molecule has 0 aromatic carbocycles. The zero-order chi connectivity index (χ0) is 10.4. The third-order valence-electron chi connectivity index (χ3n) is 0.922. The minimum absolute atomic E-state index is 0.347. The fourth-order valence-electron chi connectivity index (χ4n) is 0.609. The lowest BCUT2D eigenvalue weighted by atomic mass is 10.4. The van der Waals surface area contributed by atoms with Gasteiger partial charge in [0.25, 0.3) is 6.29 Å². The van der Waals surface area contributed by atoms with E-state index in [0.29, 0.717) is 0 Å². The molecule has 0 heterocycles. The lowest BCUT2D eigenvalue weighted by Crippen LogP contribution is -2.24. The van der Waals surface area contributed by atoms with E-state index in [1.54, 1.807) is 0 Å². The molecule has 5 nitrogen and oxygen atoms in total. The lowest BCUT2D eigenvalue weighted by molar-refractivity contribution is -0.185. The summed E-state index contributed by atoms with van der Waals surface area (Å²) in [5.41, 5.74) is 0. The van der Waals surface area contributed by atoms with Gasteiger partial charge in [0.2, 0.25) is 5.24 Å². The molecule has 0 amide bonds. The molecule has 0 bridgehead atoms. The number of hydrogen-bond donors (Lipinski definition) is 0. The van der Waals surface area contributed by atoms with Crippen LogP contribution in [0, 0.1) is 0 Å². The Morgan fingerprint density at radius 2 is 1.54 bits per heavy atom. The standard InChI is InChI=1S/C7H9ClO5/c1-4(9)12-7(3-6(8)11)13-5(2)10/h7H,3H2,1-2H3. The van der Waals surface area contributed by atoms with Crippen molar-refractivity contribution in [3.63, 3.8) is 0 Å². The van der Waals surface area contributed by atoms with Gasteiger partial charge in [-0.05, 0) is 11.6 Å². The van der Waals surface area contributed by atoms with Gasteiger partial charge in [-0.2, -0.15) is 0 Å². The summed E-state index contributed by atoms with van der Waals surface area (Å²) in [7, 11) is 0. The molecule has 0 saturated heterocycles. The van der Waals surface area contributed by atoms with Crippen LogP contribution in [0.15, 0.2) is 0 Å². The van der Waals surface area contributed by atoms with Gasteiger partial charge in [-0.25, -0.2) is 0 Å². The van der Waals surface area contributed by atoms with Crippen molar-refractivity contribution < 1.29 is 23.9 Å². The molecule has 0 aliphatic rings. The van der Waals surface area contributed by atoms with Crippen LogP contribution in [0.2, 0.25) is 0 Å². The van der Waals surface area contributed by atoms with E-state index in [1.165, 1.54) is 0 Å². The maximum atomic E-state index is 10.4. The number of carbonyl (C=O) groups excluding carboxylic acids is 3. The zero-order valence-electron chi connectivity index (χ0n) is 7.20. The number of ether oxygens (including phenoxy) is 2. The smallest absolute Gasteiger partial charge is 0.305 e. The monoisotopic (exact) mass is 208 g/mol. The Morgan fingerprint density at radius 3 is 1.77 bits per heavy atom. The fourth-order valence-corrected chi connectivity index (χ4v) is 0.735. The second-order valence-corrected chi connectivity index (χ2v) is 2.63. The molecule has 0 atom stereocenters. The highest BCUT2D eigenvalue weighted by atomic mass is 35.5. The van der Waals surface area contributed by atoms with Crippen LogP contribution >= 0.6 is 11.6 Å². The lowest BCUT2D eigenvalue weighted by Gasteiger charge is -2.13. The molecule has 0 spiro atoms. The predicted octanol–water partition coefficient (Wildman–Crippen LogP) is 0.594. The van der Waals surface area contributed by atoms with Crippen molar-refractivity contribution >= 4 is 28.8 Å². The Hall–Kier alpha value is -1.10. The fraction of sp³-hybridized carbons (Fsp3) is 0.571. The Labute approximate surface area is 79.9 Å². The summed E-state index contributed by atoms with van der Waals surface area (Å²) in [6, 6.07) is 0. The van der Waals surface area contributed by atoms with Crippen molar-refractivity contribution in [3.05, 3.63) is 0 Å². The molecule has 74 valence electrons. The third-order valence-corrected chi connectivity index (χ3v) is 1.08. The maximum Gasteiger partial charge on any atom is 0.305 e. The van der Waals surface area contributed by atoms with Crippen LogP contribution < -0.4 is 0 Å². The molecule has 0 aliphatic carbocycles. The van der Waals surface area contributed by atoms with Crippen LogP contribution in [0.4, 0.5) is 0 Å². The Kier molecular flexibility index (Phi) is 5.06. The summed E-state index contributed by atoms with van der Waals surface area (Å²) < 4.78 is 8.97. The zero-order valence-corrected chi connectivity index (χ0v) is 7.96. The van der Waals surface area contributed by atoms with Gasteiger partial charge >= 0.3 is 11.9 Å². The molecular weight excluding hydrogens is 200 g/mol. The highest BCUT2D eigenvalue weighted by molar-refractivity contribution is 6.63. The number of hydrogen-bond acceptors (Lipinski definition) is 5. The average molecular weight is 209 g/mol. The number of carbonyl (C=O) groups is 3. The van der Waals surface area contributed by atoms with Gasteiger partial charge < -0.3 is 9.47 Å². The SMILES string of the molecule is CC(=O)OC(CC(=O)Cl)OC(C)=O. The van der Waals surface area contributed by atoms with Gasteiger partial charge in [-0.3, -0.25) is 14.4 Å². The normalized spacial score (nSPS) is 9.54. The third kappa shape index (κ3) is 7.27. The molecule has 0 aromatic heterocycles. The molecular formula is C7H9ClO5. The number of halogens is 1. The summed E-state index contributed by atoms with van der Waals surface area (Å²) in [6.07, 6.45) is -1.57. The van der Waals surface area contributed by atoms with Crippen molar-refractivity contribution in [2.45, 2.75) is 26.6 Å². The second kappa shape index (κ2) is 5.53. The van der Waals surface area contributed by atoms with Gasteiger partial charge in [-0.1, -0.05) is 0 Å². The van der Waals surface area contributed by atoms with E-state index in [4.69, 9.17) is 11.6 Å². The molecule has 13 heavy (non-hydrogen) atoms. The summed E-state index contributed by atoms with van der Waals surface area (Å²) in [6.45, 7) is 2.27. The largest absolute Gasteiger partial charge is 0.425 e. The molecule has 0 aliphatic heterocycles. The van der Waals surface area contributed by atoms with E-state index >= 15 is 0 Å². The minimum Gasteiger partial charge on any atom is -0.425 e. The first kappa shape index (κ1) is 11.9. The van der Waals surface area contributed by atoms with Crippen LogP contribution in [0.25, 0.3) is 0 Å². The topological polar surface area (TPSA) is 69.7 Å². The van der Waals surface area contributed by atoms with Crippen molar-refractivity contribution in [1.82, 2.24) is 0 Å². The second-order valence-electron chi connectivity index (χ2n) is 2.21. The summed E-state index contributed by atoms with van der Waals surface area (Å²) in [5, 5.41) is -0.743. The van der Waals surface area contributed by atoms with Gasteiger partial charge in [0, 0.05) is 13.8 Å².